The molecule has 0 radical (unpaired) electrons. The zero-order valence-corrected chi connectivity index (χ0v) is 20.3. The maximum Gasteiger partial charge on any atom is 0.257 e. The molecule has 1 unspecified atom stereocenters. The Bertz CT molecular complexity index is 1190. The lowest BCUT2D eigenvalue weighted by Gasteiger charge is -2.40. The van der Waals surface area contributed by atoms with E-state index in [-0.39, 0.29) is 17.1 Å². The number of nitrogens with one attached hydrogen (secondary N) is 1. The molecule has 4 rings (SSSR count). The standard InChI is InChI=1S/C24H26Cl2N4O2/c1-13-19(23(32)30(5)18-9-10-29(4)28-18)20(14-7-6-8-15(25)22(14)26)21-16(27-13)11-24(2,3)12-17(21)31/h6-10,20,27H,11-12H2,1-5H3. The predicted octanol–water partition coefficient (Wildman–Crippen LogP) is 4.99. The maximum atomic E-state index is 13.8. The van der Waals surface area contributed by atoms with Gasteiger partial charge in [-0.3, -0.25) is 19.2 Å². The predicted molar refractivity (Wildman–Crippen MR) is 127 cm³/mol. The van der Waals surface area contributed by atoms with Gasteiger partial charge < -0.3 is 5.32 Å². The van der Waals surface area contributed by atoms with Gasteiger partial charge >= 0.3 is 0 Å². The van der Waals surface area contributed by atoms with E-state index in [0.717, 1.165) is 5.70 Å². The Morgan fingerprint density at radius 1 is 1.25 bits per heavy atom. The lowest BCUT2D eigenvalue weighted by molar-refractivity contribution is -0.118. The number of rotatable bonds is 3. The minimum atomic E-state index is -0.611. The monoisotopic (exact) mass is 472 g/mol. The van der Waals surface area contributed by atoms with Crippen LogP contribution < -0.4 is 10.2 Å². The summed E-state index contributed by atoms with van der Waals surface area (Å²) in [5.74, 6) is -0.327. The summed E-state index contributed by atoms with van der Waals surface area (Å²) in [5.41, 5.74) is 3.09. The molecule has 168 valence electrons. The zero-order valence-electron chi connectivity index (χ0n) is 18.8. The molecular formula is C24H26Cl2N4O2. The van der Waals surface area contributed by atoms with Crippen molar-refractivity contribution in [2.75, 3.05) is 11.9 Å². The molecule has 2 aromatic rings. The molecule has 2 aliphatic rings. The smallest absolute Gasteiger partial charge is 0.257 e. The highest BCUT2D eigenvalue weighted by Crippen LogP contribution is 2.49. The number of aromatic nitrogens is 2. The number of anilines is 1. The van der Waals surface area contributed by atoms with Crippen LogP contribution in [-0.4, -0.2) is 28.5 Å². The van der Waals surface area contributed by atoms with Crippen LogP contribution in [0.4, 0.5) is 5.82 Å². The van der Waals surface area contributed by atoms with Crippen LogP contribution in [0, 0.1) is 5.41 Å². The number of carbonyl (C=O) groups excluding carboxylic acids is 2. The molecule has 0 bridgehead atoms. The molecule has 8 heteroatoms. The Morgan fingerprint density at radius 2 is 1.97 bits per heavy atom. The van der Waals surface area contributed by atoms with E-state index in [9.17, 15) is 9.59 Å². The number of halogens is 2. The summed E-state index contributed by atoms with van der Waals surface area (Å²) in [6.07, 6.45) is 2.88. The van der Waals surface area contributed by atoms with Crippen LogP contribution in [0.1, 0.15) is 45.1 Å². The SMILES string of the molecule is CC1=C(C(=O)N(C)c2ccn(C)n2)C(c2cccc(Cl)c2Cl)C2=C(CC(C)(C)CC2=O)N1. The first-order valence-electron chi connectivity index (χ1n) is 10.5. The van der Waals surface area contributed by atoms with Crippen molar-refractivity contribution in [3.05, 3.63) is 68.6 Å². The second-order valence-electron chi connectivity index (χ2n) is 9.28. The fourth-order valence-electron chi connectivity index (χ4n) is 4.64. The van der Waals surface area contributed by atoms with E-state index in [1.165, 1.54) is 4.90 Å². The van der Waals surface area contributed by atoms with E-state index in [4.69, 9.17) is 23.2 Å². The average molecular weight is 473 g/mol. The molecule has 1 amide bonds. The summed E-state index contributed by atoms with van der Waals surface area (Å²) in [7, 11) is 3.47. The number of hydrogen-bond acceptors (Lipinski definition) is 4. The van der Waals surface area contributed by atoms with Gasteiger partial charge in [-0.05, 0) is 30.4 Å². The number of hydrogen-bond donors (Lipinski definition) is 1. The van der Waals surface area contributed by atoms with E-state index in [1.54, 1.807) is 43.2 Å². The molecule has 6 nitrogen and oxygen atoms in total. The van der Waals surface area contributed by atoms with Gasteiger partial charge in [-0.25, -0.2) is 0 Å². The van der Waals surface area contributed by atoms with Crippen LogP contribution in [0.3, 0.4) is 0 Å². The highest BCUT2D eigenvalue weighted by atomic mass is 35.5. The molecule has 1 aromatic carbocycles. The largest absolute Gasteiger partial charge is 0.362 e. The summed E-state index contributed by atoms with van der Waals surface area (Å²) < 4.78 is 1.64. The molecule has 0 spiro atoms. The van der Waals surface area contributed by atoms with Crippen LogP contribution in [0.15, 0.2) is 53.0 Å². The van der Waals surface area contributed by atoms with Gasteiger partial charge in [0.1, 0.15) is 0 Å². The summed E-state index contributed by atoms with van der Waals surface area (Å²) in [5, 5.41) is 8.46. The number of Topliss-reactive ketones (excluding diaryl/α,β-unsaturated/α-hetero) is 1. The summed E-state index contributed by atoms with van der Waals surface area (Å²) >= 11 is 13.0. The highest BCUT2D eigenvalue weighted by molar-refractivity contribution is 6.42. The molecular weight excluding hydrogens is 447 g/mol. The molecule has 1 atom stereocenters. The Hall–Kier alpha value is -2.57. The summed E-state index contributed by atoms with van der Waals surface area (Å²) in [6.45, 7) is 6.01. The number of carbonyl (C=O) groups is 2. The van der Waals surface area contributed by atoms with Gasteiger partial charge in [-0.2, -0.15) is 5.10 Å². The third kappa shape index (κ3) is 3.86. The van der Waals surface area contributed by atoms with Crippen LogP contribution in [0.25, 0.3) is 0 Å². The lowest BCUT2D eigenvalue weighted by Crippen LogP contribution is -2.41. The van der Waals surface area contributed by atoms with Gasteiger partial charge in [0.05, 0.1) is 10.0 Å². The van der Waals surface area contributed by atoms with Crippen LogP contribution in [0.2, 0.25) is 10.0 Å². The van der Waals surface area contributed by atoms with Crippen molar-refractivity contribution in [2.45, 2.75) is 39.5 Å². The molecule has 0 saturated heterocycles. The van der Waals surface area contributed by atoms with Crippen LogP contribution in [-0.2, 0) is 16.6 Å². The highest BCUT2D eigenvalue weighted by Gasteiger charge is 2.44. The molecule has 0 saturated carbocycles. The molecule has 0 fully saturated rings. The zero-order chi connectivity index (χ0) is 23.4. The summed E-state index contributed by atoms with van der Waals surface area (Å²) in [6, 6.07) is 7.10. The van der Waals surface area contributed by atoms with E-state index < -0.39 is 5.92 Å². The fourth-order valence-corrected chi connectivity index (χ4v) is 5.06. The van der Waals surface area contributed by atoms with Gasteiger partial charge in [-0.1, -0.05) is 49.2 Å². The Labute approximate surface area is 197 Å². The number of ketones is 1. The van der Waals surface area contributed by atoms with E-state index in [1.807, 2.05) is 13.0 Å². The van der Waals surface area contributed by atoms with Gasteiger partial charge in [0, 0.05) is 61.2 Å². The summed E-state index contributed by atoms with van der Waals surface area (Å²) in [4.78, 5) is 28.7. The van der Waals surface area contributed by atoms with Crippen molar-refractivity contribution in [3.63, 3.8) is 0 Å². The second kappa shape index (κ2) is 8.09. The number of dihydropyridines is 1. The fraction of sp³-hybridized carbons (Fsp3) is 0.375. The quantitative estimate of drug-likeness (QED) is 0.682. The van der Waals surface area contributed by atoms with E-state index >= 15 is 0 Å². The van der Waals surface area contributed by atoms with Crippen molar-refractivity contribution in [3.8, 4) is 0 Å². The number of amides is 1. The molecule has 1 aliphatic carbocycles. The first kappa shape index (κ1) is 22.6. The Kier molecular flexibility index (Phi) is 5.72. The van der Waals surface area contributed by atoms with Crippen molar-refractivity contribution >= 4 is 40.7 Å². The molecule has 1 aromatic heterocycles. The van der Waals surface area contributed by atoms with Crippen molar-refractivity contribution in [1.29, 1.82) is 0 Å². The third-order valence-corrected chi connectivity index (χ3v) is 6.94. The maximum absolute atomic E-state index is 13.8. The van der Waals surface area contributed by atoms with Crippen LogP contribution >= 0.6 is 23.2 Å². The van der Waals surface area contributed by atoms with Gasteiger partial charge in [0.25, 0.3) is 5.91 Å². The minimum Gasteiger partial charge on any atom is -0.362 e. The third-order valence-electron chi connectivity index (χ3n) is 6.11. The van der Waals surface area contributed by atoms with E-state index in [0.29, 0.717) is 51.1 Å². The number of allylic oxidation sites excluding steroid dienone is 3. The molecule has 1 aliphatic heterocycles. The first-order valence-corrected chi connectivity index (χ1v) is 11.2. The molecule has 2 heterocycles. The van der Waals surface area contributed by atoms with Crippen LogP contribution in [0.5, 0.6) is 0 Å². The second-order valence-corrected chi connectivity index (χ2v) is 10.1. The number of aryl methyl sites for hydroxylation is 1. The number of benzene rings is 1. The van der Waals surface area contributed by atoms with Gasteiger partial charge in [0.15, 0.2) is 11.6 Å². The topological polar surface area (TPSA) is 67.2 Å². The number of likely N-dealkylation sites (N-methyl/N-ethyl adjacent to an activating group) is 1. The van der Waals surface area contributed by atoms with Gasteiger partial charge in [0.2, 0.25) is 0 Å². The molecule has 32 heavy (non-hydrogen) atoms. The Morgan fingerprint density at radius 3 is 2.62 bits per heavy atom. The van der Waals surface area contributed by atoms with Crippen molar-refractivity contribution < 1.29 is 9.59 Å². The average Bonchev–Trinajstić information content (AvgIpc) is 3.13. The van der Waals surface area contributed by atoms with E-state index in [2.05, 4.69) is 24.3 Å². The normalized spacial score (nSPS) is 20.2. The molecule has 1 N–H and O–H groups in total. The first-order chi connectivity index (χ1) is 15.0. The van der Waals surface area contributed by atoms with Crippen molar-refractivity contribution in [2.24, 2.45) is 12.5 Å². The minimum absolute atomic E-state index is 0.0167. The van der Waals surface area contributed by atoms with Crippen molar-refractivity contribution in [1.82, 2.24) is 15.1 Å². The van der Waals surface area contributed by atoms with Gasteiger partial charge in [-0.15, -0.1) is 0 Å². The Balaban J connectivity index is 1.89. The lowest BCUT2D eigenvalue weighted by atomic mass is 9.68. The number of nitrogens with zero attached hydrogens (tertiary/aromatic N) is 3.